The van der Waals surface area contributed by atoms with Gasteiger partial charge >= 0.3 is 5.97 Å². The van der Waals surface area contributed by atoms with Gasteiger partial charge in [0.25, 0.3) is 0 Å². The first-order chi connectivity index (χ1) is 21.9. The summed E-state index contributed by atoms with van der Waals surface area (Å²) in [6.45, 7) is 13.9. The van der Waals surface area contributed by atoms with Gasteiger partial charge in [0.05, 0.1) is 5.92 Å². The molecule has 0 bridgehead atoms. The van der Waals surface area contributed by atoms with E-state index >= 15 is 0 Å². The zero-order chi connectivity index (χ0) is 32.9. The Bertz CT molecular complexity index is 1160. The van der Waals surface area contributed by atoms with Crippen molar-refractivity contribution in [3.05, 3.63) is 102 Å². The molecule has 0 radical (unpaired) electrons. The largest absolute Gasteiger partial charge is 0.481 e. The van der Waals surface area contributed by atoms with E-state index in [0.29, 0.717) is 5.92 Å². The summed E-state index contributed by atoms with van der Waals surface area (Å²) in [5, 5.41) is 8.77. The highest BCUT2D eigenvalue weighted by molar-refractivity contribution is 5.70. The van der Waals surface area contributed by atoms with Crippen molar-refractivity contribution in [2.45, 2.75) is 105 Å². The second kappa shape index (κ2) is 22.5. The van der Waals surface area contributed by atoms with Crippen molar-refractivity contribution in [3.8, 4) is 0 Å². The van der Waals surface area contributed by atoms with Crippen LogP contribution in [-0.2, 0) is 11.2 Å². The molecule has 5 rings (SSSR count). The third kappa shape index (κ3) is 15.2. The number of unbranched alkanes of at least 4 members (excludes halogenated alkanes) is 1. The van der Waals surface area contributed by atoms with Crippen LogP contribution >= 0.6 is 0 Å². The lowest BCUT2D eigenvalue weighted by Crippen LogP contribution is -2.36. The number of likely N-dealkylation sites (tertiary alicyclic amines) is 1. The Morgan fingerprint density at radius 2 is 1.51 bits per heavy atom. The van der Waals surface area contributed by atoms with Gasteiger partial charge in [0, 0.05) is 18.9 Å². The van der Waals surface area contributed by atoms with Crippen LogP contribution in [0, 0.1) is 23.6 Å². The zero-order valence-corrected chi connectivity index (χ0v) is 28.6. The number of pyridine rings is 1. The van der Waals surface area contributed by atoms with E-state index in [-0.39, 0.29) is 17.7 Å². The maximum atomic E-state index is 11.9. The highest BCUT2D eigenvalue weighted by Crippen LogP contribution is 2.31. The molecule has 1 atom stereocenters. The molecule has 0 amide bonds. The number of carbonyl (C=O) groups is 1. The summed E-state index contributed by atoms with van der Waals surface area (Å²) in [6.07, 6.45) is 16.5. The maximum Gasteiger partial charge on any atom is 0.306 e. The van der Waals surface area contributed by atoms with Crippen LogP contribution in [0.15, 0.2) is 79.1 Å². The van der Waals surface area contributed by atoms with Gasteiger partial charge in [-0.2, -0.15) is 0 Å². The number of carboxylic acid groups (broad SMARTS) is 1. The van der Waals surface area contributed by atoms with E-state index in [2.05, 4.69) is 59.4 Å². The molecule has 0 spiro atoms. The highest BCUT2D eigenvalue weighted by atomic mass is 19.1. The van der Waals surface area contributed by atoms with E-state index in [1.165, 1.54) is 87.0 Å². The van der Waals surface area contributed by atoms with Crippen molar-refractivity contribution in [3.63, 3.8) is 0 Å². The fraction of sp³-hybridized carbons (Fsp3) is 0.550. The summed E-state index contributed by atoms with van der Waals surface area (Å²) in [5.74, 6) is 0.973. The van der Waals surface area contributed by atoms with E-state index in [0.717, 1.165) is 31.6 Å². The predicted octanol–water partition coefficient (Wildman–Crippen LogP) is 10.4. The van der Waals surface area contributed by atoms with Gasteiger partial charge in [0.2, 0.25) is 0 Å². The summed E-state index contributed by atoms with van der Waals surface area (Å²) in [5.41, 5.74) is 4.17. The molecule has 4 nitrogen and oxygen atoms in total. The predicted molar refractivity (Wildman–Crippen MR) is 187 cm³/mol. The smallest absolute Gasteiger partial charge is 0.306 e. The Balaban J connectivity index is 0.000000292. The highest BCUT2D eigenvalue weighted by Gasteiger charge is 2.24. The quantitative estimate of drug-likeness (QED) is 0.246. The maximum absolute atomic E-state index is 11.9. The average Bonchev–Trinajstić information content (AvgIpc) is 3.57. The van der Waals surface area contributed by atoms with Gasteiger partial charge in [-0.25, -0.2) is 4.39 Å². The topological polar surface area (TPSA) is 53.4 Å². The number of hydrogen-bond donors (Lipinski definition) is 1. The van der Waals surface area contributed by atoms with Gasteiger partial charge in [0.1, 0.15) is 5.82 Å². The molecule has 2 heterocycles. The lowest BCUT2D eigenvalue weighted by atomic mass is 9.89. The van der Waals surface area contributed by atoms with E-state index in [9.17, 15) is 9.18 Å². The SMILES string of the molecule is CC.CCCCC(C(=O)O)C(C)C.Fc1ccccc1.c1ccc(Cc2cncc(C3CCN(CC4CCCC4)CC3)c2)cc1. The molecule has 1 aromatic heterocycles. The van der Waals surface area contributed by atoms with Crippen molar-refractivity contribution in [1.82, 2.24) is 9.88 Å². The number of benzene rings is 2. The van der Waals surface area contributed by atoms with Crippen LogP contribution in [0.4, 0.5) is 4.39 Å². The number of piperidine rings is 1. The van der Waals surface area contributed by atoms with Crippen LogP contribution in [-0.4, -0.2) is 40.6 Å². The summed E-state index contributed by atoms with van der Waals surface area (Å²) in [6, 6.07) is 21.1. The summed E-state index contributed by atoms with van der Waals surface area (Å²) < 4.78 is 11.9. The van der Waals surface area contributed by atoms with Gasteiger partial charge in [-0.05, 0) is 98.2 Å². The fourth-order valence-corrected chi connectivity index (χ4v) is 6.25. The van der Waals surface area contributed by atoms with Gasteiger partial charge < -0.3 is 10.0 Å². The van der Waals surface area contributed by atoms with Crippen molar-refractivity contribution >= 4 is 5.97 Å². The molecule has 5 heteroatoms. The molecule has 1 saturated carbocycles. The fourth-order valence-electron chi connectivity index (χ4n) is 6.25. The molecular formula is C40H59FN2O2. The van der Waals surface area contributed by atoms with Gasteiger partial charge in [0.15, 0.2) is 0 Å². The number of hydrogen-bond acceptors (Lipinski definition) is 3. The lowest BCUT2D eigenvalue weighted by molar-refractivity contribution is -0.143. The number of aliphatic carboxylic acids is 1. The van der Waals surface area contributed by atoms with E-state index < -0.39 is 5.97 Å². The van der Waals surface area contributed by atoms with Crippen molar-refractivity contribution in [1.29, 1.82) is 0 Å². The van der Waals surface area contributed by atoms with Crippen LogP contribution in [0.5, 0.6) is 0 Å². The molecule has 45 heavy (non-hydrogen) atoms. The summed E-state index contributed by atoms with van der Waals surface area (Å²) >= 11 is 0. The second-order valence-corrected chi connectivity index (χ2v) is 12.6. The molecule has 1 aliphatic carbocycles. The van der Waals surface area contributed by atoms with Crippen LogP contribution < -0.4 is 0 Å². The van der Waals surface area contributed by atoms with Crippen LogP contribution in [0.1, 0.15) is 115 Å². The summed E-state index contributed by atoms with van der Waals surface area (Å²) in [4.78, 5) is 17.9. The number of aromatic nitrogens is 1. The number of nitrogens with zero attached hydrogens (tertiary/aromatic N) is 2. The first-order valence-corrected chi connectivity index (χ1v) is 17.5. The molecule has 248 valence electrons. The number of rotatable bonds is 10. The van der Waals surface area contributed by atoms with Crippen molar-refractivity contribution in [2.75, 3.05) is 19.6 Å². The minimum absolute atomic E-state index is 0.144. The standard InChI is InChI=1S/C23H30N2.C9H18O2.C6H5F.C2H6/c1-2-6-19(7-3-1)14-21-15-23(17-24-16-21)22-10-12-25(13-11-22)18-20-8-4-5-9-20;1-4-5-6-8(7(2)3)9(10)11;7-6-4-2-1-3-5-6;1-2/h1-3,6-7,15-17,20,22H,4-5,8-14,18H2;7-8H,4-6H2,1-3H3,(H,10,11);1-5H;1-2H3. The third-order valence-electron chi connectivity index (χ3n) is 8.84. The minimum atomic E-state index is -0.645. The lowest BCUT2D eigenvalue weighted by Gasteiger charge is -2.33. The normalized spacial score (nSPS) is 16.0. The minimum Gasteiger partial charge on any atom is -0.481 e. The molecule has 3 aromatic rings. The Morgan fingerprint density at radius 1 is 0.911 bits per heavy atom. The van der Waals surface area contributed by atoms with Gasteiger partial charge in [-0.3, -0.25) is 9.78 Å². The molecular weight excluding hydrogens is 559 g/mol. The van der Waals surface area contributed by atoms with Crippen LogP contribution in [0.3, 0.4) is 0 Å². The van der Waals surface area contributed by atoms with Gasteiger partial charge in [-0.1, -0.05) is 115 Å². The van der Waals surface area contributed by atoms with Gasteiger partial charge in [-0.15, -0.1) is 0 Å². The van der Waals surface area contributed by atoms with Crippen molar-refractivity contribution < 1.29 is 14.3 Å². The average molecular weight is 619 g/mol. The molecule has 2 fully saturated rings. The number of halogens is 1. The first-order valence-electron chi connectivity index (χ1n) is 17.5. The van der Waals surface area contributed by atoms with Crippen molar-refractivity contribution in [2.24, 2.45) is 17.8 Å². The van der Waals surface area contributed by atoms with E-state index in [1.54, 1.807) is 18.2 Å². The molecule has 1 N–H and O–H groups in total. The molecule has 1 saturated heterocycles. The van der Waals surface area contributed by atoms with Crippen LogP contribution in [0.2, 0.25) is 0 Å². The molecule has 1 unspecified atom stereocenters. The van der Waals surface area contributed by atoms with E-state index in [4.69, 9.17) is 5.11 Å². The Kier molecular flexibility index (Phi) is 19.0. The Morgan fingerprint density at radius 3 is 2.02 bits per heavy atom. The molecule has 2 aliphatic rings. The molecule has 1 aliphatic heterocycles. The first kappa shape index (κ1) is 38.1. The second-order valence-electron chi connectivity index (χ2n) is 12.6. The summed E-state index contributed by atoms with van der Waals surface area (Å²) in [7, 11) is 0. The Hall–Kier alpha value is -3.05. The zero-order valence-electron chi connectivity index (χ0n) is 28.6. The third-order valence-corrected chi connectivity index (χ3v) is 8.84. The van der Waals surface area contributed by atoms with Crippen LogP contribution in [0.25, 0.3) is 0 Å². The Labute approximate surface area is 273 Å². The van der Waals surface area contributed by atoms with E-state index in [1.807, 2.05) is 33.9 Å². The number of carboxylic acids is 1. The monoisotopic (exact) mass is 618 g/mol. The molecule has 2 aromatic carbocycles.